The maximum absolute atomic E-state index is 6.14. The fourth-order valence-corrected chi connectivity index (χ4v) is 7.32. The highest BCUT2D eigenvalue weighted by molar-refractivity contribution is 6.22. The summed E-state index contributed by atoms with van der Waals surface area (Å²) >= 11 is 0. The summed E-state index contributed by atoms with van der Waals surface area (Å²) < 4.78 is 8.51. The number of fused-ring (bicyclic) bond motifs is 6. The Bertz CT molecular complexity index is 2470. The molecule has 0 radical (unpaired) electrons. The highest BCUT2D eigenvalue weighted by atomic mass is 16.5. The zero-order chi connectivity index (χ0) is 29.9. The molecule has 0 aliphatic rings. The van der Waals surface area contributed by atoms with E-state index in [0.717, 1.165) is 27.8 Å². The summed E-state index contributed by atoms with van der Waals surface area (Å²) in [6.45, 7) is 0. The van der Waals surface area contributed by atoms with Crippen LogP contribution in [0.2, 0.25) is 0 Å². The number of methoxy groups -OCH3 is 1. The van der Waals surface area contributed by atoms with Crippen LogP contribution in [0.1, 0.15) is 0 Å². The van der Waals surface area contributed by atoms with E-state index in [4.69, 9.17) is 4.74 Å². The van der Waals surface area contributed by atoms with Crippen LogP contribution in [0.25, 0.3) is 82.1 Å². The fraction of sp³-hybridized carbons (Fsp3) is 0.0233. The molecule has 8 aromatic carbocycles. The molecular weight excluding hydrogens is 546 g/mol. The molecule has 0 saturated carbocycles. The molecule has 9 rings (SSSR count). The number of hydrogen-bond donors (Lipinski definition) is 0. The Kier molecular flexibility index (Phi) is 5.76. The molecule has 1 aromatic heterocycles. The molecular formula is C43H29NO. The molecule has 0 atom stereocenters. The predicted molar refractivity (Wildman–Crippen MR) is 191 cm³/mol. The molecule has 2 heteroatoms. The van der Waals surface area contributed by atoms with Crippen molar-refractivity contribution in [1.82, 2.24) is 4.57 Å². The van der Waals surface area contributed by atoms with E-state index < -0.39 is 0 Å². The van der Waals surface area contributed by atoms with E-state index >= 15 is 0 Å². The first-order chi connectivity index (χ1) is 22.3. The smallest absolute Gasteiger partial charge is 0.127 e. The minimum atomic E-state index is 0.866. The number of ether oxygens (including phenoxy) is 1. The van der Waals surface area contributed by atoms with E-state index in [1.165, 1.54) is 60.0 Å². The van der Waals surface area contributed by atoms with Gasteiger partial charge in [-0.15, -0.1) is 0 Å². The first-order valence-electron chi connectivity index (χ1n) is 15.4. The van der Waals surface area contributed by atoms with Gasteiger partial charge in [0, 0.05) is 21.8 Å². The summed E-state index contributed by atoms with van der Waals surface area (Å²) in [4.78, 5) is 0. The number of rotatable bonds is 4. The lowest BCUT2D eigenvalue weighted by atomic mass is 9.85. The van der Waals surface area contributed by atoms with Crippen molar-refractivity contribution < 1.29 is 4.74 Å². The summed E-state index contributed by atoms with van der Waals surface area (Å²) in [7, 11) is 1.78. The van der Waals surface area contributed by atoms with Crippen LogP contribution in [0.5, 0.6) is 5.75 Å². The van der Waals surface area contributed by atoms with Gasteiger partial charge in [0.05, 0.1) is 18.1 Å². The van der Waals surface area contributed by atoms with Crippen LogP contribution < -0.4 is 4.74 Å². The largest absolute Gasteiger partial charge is 0.496 e. The molecule has 0 spiro atoms. The second-order valence-corrected chi connectivity index (χ2v) is 11.7. The second-order valence-electron chi connectivity index (χ2n) is 11.7. The van der Waals surface area contributed by atoms with Crippen LogP contribution >= 0.6 is 0 Å². The third-order valence-electron chi connectivity index (χ3n) is 9.24. The van der Waals surface area contributed by atoms with Crippen LogP contribution in [0, 0.1) is 0 Å². The number of hydrogen-bond acceptors (Lipinski definition) is 1. The zero-order valence-electron chi connectivity index (χ0n) is 24.9. The average Bonchev–Trinajstić information content (AvgIpc) is 3.44. The van der Waals surface area contributed by atoms with Crippen LogP contribution in [0.4, 0.5) is 0 Å². The lowest BCUT2D eigenvalue weighted by Gasteiger charge is -2.19. The van der Waals surface area contributed by atoms with Crippen molar-refractivity contribution in [3.05, 3.63) is 158 Å². The van der Waals surface area contributed by atoms with Gasteiger partial charge in [-0.3, -0.25) is 0 Å². The molecule has 0 N–H and O–H groups in total. The van der Waals surface area contributed by atoms with Gasteiger partial charge in [-0.1, -0.05) is 121 Å². The highest BCUT2D eigenvalue weighted by Crippen LogP contribution is 2.45. The lowest BCUT2D eigenvalue weighted by Crippen LogP contribution is -1.95. The average molecular weight is 576 g/mol. The Labute approximate surface area is 261 Å². The van der Waals surface area contributed by atoms with Gasteiger partial charge in [0.2, 0.25) is 0 Å². The van der Waals surface area contributed by atoms with E-state index in [-0.39, 0.29) is 0 Å². The summed E-state index contributed by atoms with van der Waals surface area (Å²) in [6.07, 6.45) is 0. The lowest BCUT2D eigenvalue weighted by molar-refractivity contribution is 0.420. The minimum Gasteiger partial charge on any atom is -0.496 e. The zero-order valence-corrected chi connectivity index (χ0v) is 24.9. The molecule has 212 valence electrons. The highest BCUT2D eigenvalue weighted by Gasteiger charge is 2.18. The molecule has 1 heterocycles. The van der Waals surface area contributed by atoms with E-state index in [9.17, 15) is 0 Å². The van der Waals surface area contributed by atoms with E-state index in [1.54, 1.807) is 7.11 Å². The molecule has 9 aromatic rings. The van der Waals surface area contributed by atoms with Crippen LogP contribution in [-0.2, 0) is 0 Å². The van der Waals surface area contributed by atoms with Crippen molar-refractivity contribution in [3.8, 4) is 33.7 Å². The molecule has 0 bridgehead atoms. The maximum Gasteiger partial charge on any atom is 0.127 e. The topological polar surface area (TPSA) is 14.2 Å². The molecule has 0 aliphatic carbocycles. The fourth-order valence-electron chi connectivity index (χ4n) is 7.32. The molecule has 0 saturated heterocycles. The van der Waals surface area contributed by atoms with Gasteiger partial charge < -0.3 is 9.30 Å². The molecule has 45 heavy (non-hydrogen) atoms. The molecule has 2 nitrogen and oxygen atoms in total. The van der Waals surface area contributed by atoms with Gasteiger partial charge in [-0.05, 0) is 85.6 Å². The SMILES string of the molecule is COc1cc(-c2c3ccccc3c(-c3ccccc3)c3ccccc23)cc2ccc(-n3c4ccccc4c4ccccc43)cc12. The Hall–Kier alpha value is -5.86. The van der Waals surface area contributed by atoms with Crippen molar-refractivity contribution >= 4 is 54.1 Å². The second kappa shape index (κ2) is 10.1. The first kappa shape index (κ1) is 25.6. The summed E-state index contributed by atoms with van der Waals surface area (Å²) in [5, 5.41) is 9.72. The summed E-state index contributed by atoms with van der Waals surface area (Å²) in [5.74, 6) is 0.866. The third-order valence-corrected chi connectivity index (χ3v) is 9.24. The van der Waals surface area contributed by atoms with Gasteiger partial charge >= 0.3 is 0 Å². The van der Waals surface area contributed by atoms with Gasteiger partial charge in [-0.2, -0.15) is 0 Å². The van der Waals surface area contributed by atoms with Crippen molar-refractivity contribution in [3.63, 3.8) is 0 Å². The molecule has 0 amide bonds. The maximum atomic E-state index is 6.14. The Morgan fingerprint density at radius 2 is 0.889 bits per heavy atom. The minimum absolute atomic E-state index is 0.866. The van der Waals surface area contributed by atoms with Crippen LogP contribution in [0.3, 0.4) is 0 Å². The Morgan fingerprint density at radius 1 is 0.400 bits per heavy atom. The summed E-state index contributed by atoms with van der Waals surface area (Å²) in [5.41, 5.74) is 8.40. The van der Waals surface area contributed by atoms with Gasteiger partial charge in [0.25, 0.3) is 0 Å². The Morgan fingerprint density at radius 3 is 1.44 bits per heavy atom. The summed E-state index contributed by atoms with van der Waals surface area (Å²) in [6, 6.07) is 56.9. The third kappa shape index (κ3) is 3.89. The van der Waals surface area contributed by atoms with Gasteiger partial charge in [0.15, 0.2) is 0 Å². The van der Waals surface area contributed by atoms with E-state index in [0.29, 0.717) is 0 Å². The van der Waals surface area contributed by atoms with Crippen molar-refractivity contribution in [2.75, 3.05) is 7.11 Å². The Balaban J connectivity index is 1.31. The first-order valence-corrected chi connectivity index (χ1v) is 15.4. The predicted octanol–water partition coefficient (Wildman–Crippen LogP) is 11.6. The number of para-hydroxylation sites is 2. The number of benzene rings is 8. The van der Waals surface area contributed by atoms with E-state index in [2.05, 4.69) is 162 Å². The monoisotopic (exact) mass is 575 g/mol. The number of aromatic nitrogens is 1. The normalized spacial score (nSPS) is 11.7. The quantitative estimate of drug-likeness (QED) is 0.190. The molecule has 0 fully saturated rings. The number of nitrogens with zero attached hydrogens (tertiary/aromatic N) is 1. The van der Waals surface area contributed by atoms with E-state index in [1.807, 2.05) is 0 Å². The van der Waals surface area contributed by atoms with Crippen molar-refractivity contribution in [2.45, 2.75) is 0 Å². The molecule has 0 aliphatic heterocycles. The van der Waals surface area contributed by atoms with Crippen LogP contribution in [0.15, 0.2) is 158 Å². The standard InChI is InChI=1S/C43H29NO/c1-45-41-26-30(43-36-19-7-5-17-34(36)42(28-13-3-2-4-14-28)35-18-6-8-20-37(35)43)25-29-23-24-31(27-38(29)41)44-39-21-11-9-15-32(39)33-16-10-12-22-40(33)44/h2-27H,1H3. The van der Waals surface area contributed by atoms with Crippen molar-refractivity contribution in [2.24, 2.45) is 0 Å². The van der Waals surface area contributed by atoms with Gasteiger partial charge in [-0.25, -0.2) is 0 Å². The van der Waals surface area contributed by atoms with Gasteiger partial charge in [0.1, 0.15) is 5.75 Å². The van der Waals surface area contributed by atoms with Crippen molar-refractivity contribution in [1.29, 1.82) is 0 Å². The van der Waals surface area contributed by atoms with Crippen LogP contribution in [-0.4, -0.2) is 11.7 Å². The molecule has 0 unspecified atom stereocenters.